The van der Waals surface area contributed by atoms with Crippen molar-refractivity contribution in [2.24, 2.45) is 0 Å². The van der Waals surface area contributed by atoms with Crippen molar-refractivity contribution >= 4 is 56.4 Å². The smallest absolute Gasteiger partial charge is 0.293 e. The largest absolute Gasteiger partial charge is 0.493 e. The van der Waals surface area contributed by atoms with Crippen LogP contribution in [0, 0.1) is 0 Å². The lowest BCUT2D eigenvalue weighted by Crippen LogP contribution is -2.37. The number of hydrogen-bond donors (Lipinski definition) is 1. The van der Waals surface area contributed by atoms with Crippen molar-refractivity contribution in [3.63, 3.8) is 0 Å². The van der Waals surface area contributed by atoms with E-state index in [-0.39, 0.29) is 24.2 Å². The molecule has 0 radical (unpaired) electrons. The molecule has 1 aromatic heterocycles. The zero-order valence-corrected chi connectivity index (χ0v) is 18.9. The highest BCUT2D eigenvalue weighted by Gasteiger charge is 2.34. The number of methoxy groups -OCH3 is 2. The number of thioether (sulfide) groups is 1. The number of nitrogens with zero attached hydrogens (tertiary/aromatic N) is 2. The Kier molecular flexibility index (Phi) is 6.42. The zero-order valence-electron chi connectivity index (χ0n) is 17.3. The molecule has 1 saturated heterocycles. The highest BCUT2D eigenvalue weighted by molar-refractivity contribution is 8.18. The van der Waals surface area contributed by atoms with E-state index < -0.39 is 5.91 Å². The summed E-state index contributed by atoms with van der Waals surface area (Å²) in [7, 11) is 3.07. The van der Waals surface area contributed by atoms with Gasteiger partial charge in [0.1, 0.15) is 0 Å². The molecule has 1 aliphatic heterocycles. The van der Waals surface area contributed by atoms with Crippen LogP contribution in [0.5, 0.6) is 11.5 Å². The fourth-order valence-corrected chi connectivity index (χ4v) is 4.86. The van der Waals surface area contributed by atoms with Gasteiger partial charge in [-0.05, 0) is 47.7 Å². The summed E-state index contributed by atoms with van der Waals surface area (Å²) in [4.78, 5) is 43.1. The minimum atomic E-state index is -0.399. The predicted octanol–water partition coefficient (Wildman–Crippen LogP) is 3.78. The number of ether oxygens (including phenoxy) is 2. The van der Waals surface area contributed by atoms with Gasteiger partial charge >= 0.3 is 0 Å². The van der Waals surface area contributed by atoms with Crippen molar-refractivity contribution < 1.29 is 23.9 Å². The third-order valence-electron chi connectivity index (χ3n) is 4.69. The summed E-state index contributed by atoms with van der Waals surface area (Å²) in [6.45, 7) is 0.209. The van der Waals surface area contributed by atoms with Crippen molar-refractivity contribution in [1.82, 2.24) is 15.2 Å². The van der Waals surface area contributed by atoms with Crippen LogP contribution in [-0.2, 0) is 4.79 Å². The summed E-state index contributed by atoms with van der Waals surface area (Å²) in [5, 5.41) is 2.69. The summed E-state index contributed by atoms with van der Waals surface area (Å²) in [5.41, 5.74) is 1.46. The van der Waals surface area contributed by atoms with Crippen molar-refractivity contribution in [3.8, 4) is 11.5 Å². The number of amides is 3. The molecule has 0 saturated carbocycles. The van der Waals surface area contributed by atoms with Crippen LogP contribution >= 0.6 is 23.1 Å². The van der Waals surface area contributed by atoms with E-state index in [4.69, 9.17) is 9.47 Å². The Hall–Kier alpha value is -3.37. The number of carbonyl (C=O) groups excluding carboxylic acids is 3. The second kappa shape index (κ2) is 9.41. The molecule has 164 valence electrons. The van der Waals surface area contributed by atoms with E-state index in [1.807, 2.05) is 24.3 Å². The molecule has 0 unspecified atom stereocenters. The van der Waals surface area contributed by atoms with E-state index in [1.165, 1.54) is 18.4 Å². The summed E-state index contributed by atoms with van der Waals surface area (Å²) in [6.07, 6.45) is 1.63. The molecule has 1 fully saturated rings. The van der Waals surface area contributed by atoms with E-state index in [2.05, 4.69) is 10.3 Å². The highest BCUT2D eigenvalue weighted by atomic mass is 32.2. The Morgan fingerprint density at radius 3 is 2.66 bits per heavy atom. The van der Waals surface area contributed by atoms with Crippen molar-refractivity contribution in [1.29, 1.82) is 0 Å². The fourth-order valence-electron chi connectivity index (χ4n) is 3.11. The fraction of sp³-hybridized carbons (Fsp3) is 0.182. The minimum absolute atomic E-state index is 0.0740. The van der Waals surface area contributed by atoms with Gasteiger partial charge in [0.25, 0.3) is 17.1 Å². The summed E-state index contributed by atoms with van der Waals surface area (Å²) in [5.74, 6) is 0.364. The molecule has 0 aliphatic carbocycles. The van der Waals surface area contributed by atoms with Gasteiger partial charge in [-0.3, -0.25) is 19.3 Å². The second-order valence-corrected chi connectivity index (χ2v) is 8.71. The van der Waals surface area contributed by atoms with Crippen LogP contribution in [0.15, 0.2) is 47.4 Å². The van der Waals surface area contributed by atoms with Crippen LogP contribution < -0.4 is 14.8 Å². The monoisotopic (exact) mass is 469 g/mol. The first-order chi connectivity index (χ1) is 15.5. The third kappa shape index (κ3) is 4.46. The Labute approximate surface area is 192 Å². The Morgan fingerprint density at radius 1 is 1.12 bits per heavy atom. The number of nitrogens with one attached hydrogen (secondary N) is 1. The summed E-state index contributed by atoms with van der Waals surface area (Å²) in [6, 6.07) is 12.7. The standard InChI is InChI=1S/C22H19N3O5S2/c1-29-15-8-7-13(11-16(15)30-2)12-18-21(27)25(22(28)32-18)10-9-23-19(26)20-24-14-5-3-4-6-17(14)31-20/h3-8,11-12H,9-10H2,1-2H3,(H,23,26). The molecule has 4 rings (SSSR count). The van der Waals surface area contributed by atoms with E-state index in [1.54, 1.807) is 31.4 Å². The van der Waals surface area contributed by atoms with Gasteiger partial charge in [0, 0.05) is 13.1 Å². The molecule has 1 N–H and O–H groups in total. The van der Waals surface area contributed by atoms with Gasteiger partial charge in [0.2, 0.25) is 0 Å². The molecule has 3 amide bonds. The lowest BCUT2D eigenvalue weighted by molar-refractivity contribution is -0.122. The maximum atomic E-state index is 12.7. The highest BCUT2D eigenvalue weighted by Crippen LogP contribution is 2.34. The van der Waals surface area contributed by atoms with Gasteiger partial charge in [-0.15, -0.1) is 11.3 Å². The van der Waals surface area contributed by atoms with Crippen LogP contribution in [-0.4, -0.2) is 54.2 Å². The first-order valence-electron chi connectivity index (χ1n) is 9.61. The van der Waals surface area contributed by atoms with Gasteiger partial charge in [0.15, 0.2) is 16.5 Å². The Balaban J connectivity index is 1.38. The molecule has 32 heavy (non-hydrogen) atoms. The maximum absolute atomic E-state index is 12.7. The number of hydrogen-bond acceptors (Lipinski definition) is 8. The number of para-hydroxylation sites is 1. The van der Waals surface area contributed by atoms with E-state index in [9.17, 15) is 14.4 Å². The molecule has 3 aromatic rings. The molecule has 10 heteroatoms. The van der Waals surface area contributed by atoms with Gasteiger partial charge in [-0.2, -0.15) is 0 Å². The number of benzene rings is 2. The first kappa shape index (κ1) is 21.8. The Morgan fingerprint density at radius 2 is 1.91 bits per heavy atom. The van der Waals surface area contributed by atoms with Crippen LogP contribution in [0.2, 0.25) is 0 Å². The van der Waals surface area contributed by atoms with E-state index >= 15 is 0 Å². The summed E-state index contributed by atoms with van der Waals surface area (Å²) < 4.78 is 11.4. The quantitative estimate of drug-likeness (QED) is 0.526. The van der Waals surface area contributed by atoms with Gasteiger partial charge in [0.05, 0.1) is 29.3 Å². The molecule has 2 heterocycles. The number of carbonyl (C=O) groups is 3. The van der Waals surface area contributed by atoms with Crippen LogP contribution in [0.25, 0.3) is 16.3 Å². The van der Waals surface area contributed by atoms with E-state index in [0.29, 0.717) is 27.0 Å². The van der Waals surface area contributed by atoms with Crippen LogP contribution in [0.4, 0.5) is 4.79 Å². The number of aromatic nitrogens is 1. The number of thiazole rings is 1. The zero-order chi connectivity index (χ0) is 22.7. The third-order valence-corrected chi connectivity index (χ3v) is 6.63. The first-order valence-corrected chi connectivity index (χ1v) is 11.2. The van der Waals surface area contributed by atoms with Crippen molar-refractivity contribution in [2.45, 2.75) is 0 Å². The molecule has 0 atom stereocenters. The van der Waals surface area contributed by atoms with Gasteiger partial charge in [-0.1, -0.05) is 18.2 Å². The molecule has 1 aliphatic rings. The molecule has 0 spiro atoms. The lowest BCUT2D eigenvalue weighted by Gasteiger charge is -2.12. The Bertz CT molecular complexity index is 1200. The lowest BCUT2D eigenvalue weighted by atomic mass is 10.2. The average Bonchev–Trinajstić information content (AvgIpc) is 3.35. The van der Waals surface area contributed by atoms with Crippen LogP contribution in [0.1, 0.15) is 15.4 Å². The normalized spacial score (nSPS) is 14.9. The van der Waals surface area contributed by atoms with E-state index in [0.717, 1.165) is 26.9 Å². The molecular formula is C22H19N3O5S2. The van der Waals surface area contributed by atoms with Crippen molar-refractivity contribution in [2.75, 3.05) is 27.3 Å². The van der Waals surface area contributed by atoms with Crippen LogP contribution in [0.3, 0.4) is 0 Å². The minimum Gasteiger partial charge on any atom is -0.493 e. The maximum Gasteiger partial charge on any atom is 0.293 e. The molecule has 8 nitrogen and oxygen atoms in total. The molecular weight excluding hydrogens is 450 g/mol. The average molecular weight is 470 g/mol. The SMILES string of the molecule is COc1ccc(C=C2SC(=O)N(CCNC(=O)c3nc4ccccc4s3)C2=O)cc1OC. The second-order valence-electron chi connectivity index (χ2n) is 6.69. The van der Waals surface area contributed by atoms with Crippen molar-refractivity contribution in [3.05, 3.63) is 57.9 Å². The number of imide groups is 1. The number of rotatable bonds is 7. The van der Waals surface area contributed by atoms with Gasteiger partial charge < -0.3 is 14.8 Å². The number of fused-ring (bicyclic) bond motifs is 1. The molecule has 0 bridgehead atoms. The predicted molar refractivity (Wildman–Crippen MR) is 124 cm³/mol. The topological polar surface area (TPSA) is 97.8 Å². The van der Waals surface area contributed by atoms with Gasteiger partial charge in [-0.25, -0.2) is 4.98 Å². The molecule has 2 aromatic carbocycles. The summed E-state index contributed by atoms with van der Waals surface area (Å²) >= 11 is 2.16.